The number of allylic oxidation sites excluding steroid dienone is 1. The van der Waals surface area contributed by atoms with Crippen molar-refractivity contribution in [3.8, 4) is 0 Å². The number of aromatic nitrogens is 1. The van der Waals surface area contributed by atoms with E-state index < -0.39 is 5.82 Å². The maximum atomic E-state index is 13.2. The Morgan fingerprint density at radius 3 is 2.76 bits per heavy atom. The molecule has 4 heteroatoms. The molecule has 0 saturated carbocycles. The van der Waals surface area contributed by atoms with E-state index in [1.807, 2.05) is 0 Å². The summed E-state index contributed by atoms with van der Waals surface area (Å²) in [4.78, 5) is 22.7. The Kier molecular flexibility index (Phi) is 2.63. The Hall–Kier alpha value is -2.23. The summed E-state index contributed by atoms with van der Waals surface area (Å²) in [6.07, 6.45) is 2.04. The molecule has 0 N–H and O–H groups in total. The minimum absolute atomic E-state index is 0.323. The third-order valence-corrected chi connectivity index (χ3v) is 2.51. The highest BCUT2D eigenvalue weighted by Crippen LogP contribution is 2.22. The predicted octanol–water partition coefficient (Wildman–Crippen LogP) is 2.81. The Morgan fingerprint density at radius 1 is 1.47 bits per heavy atom. The summed E-state index contributed by atoms with van der Waals surface area (Å²) < 4.78 is 14.4. The molecule has 0 aliphatic rings. The number of hydrogen-bond donors (Lipinski definition) is 0. The third kappa shape index (κ3) is 1.78. The minimum Gasteiger partial charge on any atom is -0.298 e. The first-order valence-electron chi connectivity index (χ1n) is 5.00. The number of benzene rings is 1. The summed E-state index contributed by atoms with van der Waals surface area (Å²) >= 11 is 0. The average Bonchev–Trinajstić information content (AvgIpc) is 2.65. The zero-order chi connectivity index (χ0) is 12.6. The van der Waals surface area contributed by atoms with Crippen molar-refractivity contribution >= 4 is 23.1 Å². The Balaban J connectivity index is 2.79. The van der Waals surface area contributed by atoms with Crippen LogP contribution in [-0.4, -0.2) is 16.8 Å². The van der Waals surface area contributed by atoms with Gasteiger partial charge in [0.1, 0.15) is 5.82 Å². The van der Waals surface area contributed by atoms with E-state index in [0.717, 1.165) is 0 Å². The summed E-state index contributed by atoms with van der Waals surface area (Å²) in [6.45, 7) is 5.11. The van der Waals surface area contributed by atoms with Gasteiger partial charge in [-0.15, -0.1) is 0 Å². The fourth-order valence-corrected chi connectivity index (χ4v) is 1.69. The molecule has 0 radical (unpaired) electrons. The van der Waals surface area contributed by atoms with E-state index in [2.05, 4.69) is 6.58 Å². The summed E-state index contributed by atoms with van der Waals surface area (Å²) in [6, 6.07) is 3.96. The van der Waals surface area contributed by atoms with Gasteiger partial charge >= 0.3 is 0 Å². The van der Waals surface area contributed by atoms with Gasteiger partial charge in [-0.1, -0.05) is 6.58 Å². The number of carbonyl (C=O) groups is 2. The minimum atomic E-state index is -0.455. The molecule has 1 heterocycles. The number of fused-ring (bicyclic) bond motifs is 1. The molecule has 0 saturated heterocycles. The Bertz CT molecular complexity index is 640. The third-order valence-electron chi connectivity index (χ3n) is 2.51. The molecular weight excluding hydrogens is 221 g/mol. The zero-order valence-electron chi connectivity index (χ0n) is 9.24. The number of hydrogen-bond acceptors (Lipinski definition) is 2. The van der Waals surface area contributed by atoms with Gasteiger partial charge in [0, 0.05) is 22.7 Å². The average molecular weight is 231 g/mol. The monoisotopic (exact) mass is 231 g/mol. The van der Waals surface area contributed by atoms with Gasteiger partial charge < -0.3 is 0 Å². The lowest BCUT2D eigenvalue weighted by Crippen LogP contribution is -2.09. The second-order valence-corrected chi connectivity index (χ2v) is 3.82. The summed E-state index contributed by atoms with van der Waals surface area (Å²) in [5.74, 6) is -0.808. The molecule has 86 valence electrons. The fourth-order valence-electron chi connectivity index (χ4n) is 1.69. The van der Waals surface area contributed by atoms with Crippen molar-refractivity contribution in [2.24, 2.45) is 0 Å². The van der Waals surface area contributed by atoms with E-state index in [-0.39, 0.29) is 5.91 Å². The first-order valence-corrected chi connectivity index (χ1v) is 5.00. The topological polar surface area (TPSA) is 39.1 Å². The van der Waals surface area contributed by atoms with Crippen LogP contribution < -0.4 is 0 Å². The van der Waals surface area contributed by atoms with Crippen LogP contribution in [0.4, 0.5) is 4.39 Å². The number of nitrogens with zero attached hydrogens (tertiary/aromatic N) is 1. The highest BCUT2D eigenvalue weighted by molar-refractivity contribution is 6.06. The van der Waals surface area contributed by atoms with Crippen LogP contribution in [0.5, 0.6) is 0 Å². The number of aldehydes is 1. The van der Waals surface area contributed by atoms with Gasteiger partial charge in [-0.25, -0.2) is 4.39 Å². The summed E-state index contributed by atoms with van der Waals surface area (Å²) in [7, 11) is 0. The Morgan fingerprint density at radius 2 is 2.18 bits per heavy atom. The number of carbonyl (C=O) groups excluding carboxylic acids is 2. The number of rotatable bonds is 2. The van der Waals surface area contributed by atoms with Gasteiger partial charge in [0.25, 0.3) is 5.91 Å². The Labute approximate surface area is 97.2 Å². The molecule has 0 atom stereocenters. The lowest BCUT2D eigenvalue weighted by atomic mass is 10.2. The van der Waals surface area contributed by atoms with Crippen LogP contribution in [0.1, 0.15) is 22.1 Å². The molecule has 17 heavy (non-hydrogen) atoms. The molecule has 1 aromatic carbocycles. The number of halogens is 1. The van der Waals surface area contributed by atoms with Crippen LogP contribution in [0.3, 0.4) is 0 Å². The highest BCUT2D eigenvalue weighted by atomic mass is 19.1. The van der Waals surface area contributed by atoms with Gasteiger partial charge in [0.05, 0.1) is 5.52 Å². The van der Waals surface area contributed by atoms with Crippen LogP contribution in [-0.2, 0) is 0 Å². The standard InChI is InChI=1S/C13H10FNO2/c1-8(2)13(17)15-6-9(7-16)11-4-3-10(14)5-12(11)15/h3-7H,1H2,2H3. The van der Waals surface area contributed by atoms with Crippen molar-refractivity contribution in [3.05, 3.63) is 47.9 Å². The molecule has 1 aromatic heterocycles. The first kappa shape index (κ1) is 11.3. The van der Waals surface area contributed by atoms with E-state index in [1.165, 1.54) is 29.0 Å². The van der Waals surface area contributed by atoms with Gasteiger partial charge in [-0.3, -0.25) is 14.2 Å². The molecule has 0 spiro atoms. The highest BCUT2D eigenvalue weighted by Gasteiger charge is 2.14. The molecule has 0 unspecified atom stereocenters. The van der Waals surface area contributed by atoms with E-state index >= 15 is 0 Å². The smallest absolute Gasteiger partial charge is 0.257 e. The van der Waals surface area contributed by atoms with Gasteiger partial charge in [0.2, 0.25) is 0 Å². The molecular formula is C13H10FNO2. The van der Waals surface area contributed by atoms with Crippen LogP contribution in [0, 0.1) is 5.82 Å². The van der Waals surface area contributed by atoms with Gasteiger partial charge in [-0.05, 0) is 25.1 Å². The lowest BCUT2D eigenvalue weighted by molar-refractivity contribution is 0.0960. The molecule has 3 nitrogen and oxygen atoms in total. The maximum Gasteiger partial charge on any atom is 0.257 e. The second-order valence-electron chi connectivity index (χ2n) is 3.82. The largest absolute Gasteiger partial charge is 0.298 e. The molecule has 0 bridgehead atoms. The van der Waals surface area contributed by atoms with Crippen molar-refractivity contribution in [2.75, 3.05) is 0 Å². The first-order chi connectivity index (χ1) is 8.04. The van der Waals surface area contributed by atoms with Crippen molar-refractivity contribution in [3.63, 3.8) is 0 Å². The molecule has 0 aliphatic heterocycles. The molecule has 0 aliphatic carbocycles. The van der Waals surface area contributed by atoms with Crippen LogP contribution in [0.15, 0.2) is 36.5 Å². The summed E-state index contributed by atoms with van der Waals surface area (Å²) in [5.41, 5.74) is 1.05. The fraction of sp³-hybridized carbons (Fsp3) is 0.0769. The summed E-state index contributed by atoms with van der Waals surface area (Å²) in [5, 5.41) is 0.552. The molecule has 2 aromatic rings. The van der Waals surface area contributed by atoms with Crippen LogP contribution in [0.2, 0.25) is 0 Å². The molecule has 0 fully saturated rings. The maximum absolute atomic E-state index is 13.2. The molecule has 0 amide bonds. The van der Waals surface area contributed by atoms with Gasteiger partial charge in [0.15, 0.2) is 6.29 Å². The molecule has 2 rings (SSSR count). The second kappa shape index (κ2) is 3.97. The SMILES string of the molecule is C=C(C)C(=O)n1cc(C=O)c2ccc(F)cc21. The van der Waals surface area contributed by atoms with Gasteiger partial charge in [-0.2, -0.15) is 0 Å². The lowest BCUT2D eigenvalue weighted by Gasteiger charge is -2.02. The van der Waals surface area contributed by atoms with Crippen molar-refractivity contribution in [1.82, 2.24) is 4.57 Å². The normalized spacial score (nSPS) is 10.5. The van der Waals surface area contributed by atoms with Crippen molar-refractivity contribution in [2.45, 2.75) is 6.92 Å². The quantitative estimate of drug-likeness (QED) is 0.589. The van der Waals surface area contributed by atoms with Crippen LogP contribution in [0.25, 0.3) is 10.9 Å². The van der Waals surface area contributed by atoms with Crippen LogP contribution >= 0.6 is 0 Å². The predicted molar refractivity (Wildman–Crippen MR) is 62.7 cm³/mol. The van der Waals surface area contributed by atoms with E-state index in [4.69, 9.17) is 0 Å². The van der Waals surface area contributed by atoms with E-state index in [1.54, 1.807) is 6.92 Å². The van der Waals surface area contributed by atoms with Crippen molar-refractivity contribution < 1.29 is 14.0 Å². The van der Waals surface area contributed by atoms with Crippen molar-refractivity contribution in [1.29, 1.82) is 0 Å². The van der Waals surface area contributed by atoms with E-state index in [0.29, 0.717) is 28.3 Å². The zero-order valence-corrected chi connectivity index (χ0v) is 9.24. The van der Waals surface area contributed by atoms with E-state index in [9.17, 15) is 14.0 Å².